The molecule has 0 aromatic carbocycles. The first-order valence-electron chi connectivity index (χ1n) is 6.80. The van der Waals surface area contributed by atoms with Crippen molar-refractivity contribution in [2.24, 2.45) is 5.73 Å². The third kappa shape index (κ3) is 2.19. The van der Waals surface area contributed by atoms with E-state index in [2.05, 4.69) is 22.4 Å². The maximum absolute atomic E-state index is 12.4. The minimum absolute atomic E-state index is 0.195. The van der Waals surface area contributed by atoms with E-state index in [1.165, 1.54) is 11.3 Å². The number of likely N-dealkylation sites (tertiary alicyclic amines) is 1. The van der Waals surface area contributed by atoms with Gasteiger partial charge in [-0.2, -0.15) is 0 Å². The zero-order valence-electron chi connectivity index (χ0n) is 10.6. The number of rotatable bonds is 3. The largest absolute Gasteiger partial charge is 0.335 e. The number of carbonyl (C=O) groups excluding carboxylic acids is 1. The molecule has 4 heteroatoms. The van der Waals surface area contributed by atoms with Crippen molar-refractivity contribution >= 4 is 17.2 Å². The molecule has 2 aliphatic rings. The van der Waals surface area contributed by atoms with E-state index in [9.17, 15) is 4.79 Å². The van der Waals surface area contributed by atoms with E-state index < -0.39 is 0 Å². The fourth-order valence-electron chi connectivity index (χ4n) is 3.05. The standard InChI is InChI=1S/C14H20N2OS/c15-14(6-3-7-14)10-13(17)16-8-1-4-11(16)12-5-2-9-18-12/h2,5,9,11H,1,3-4,6-8,10,15H2. The second kappa shape index (κ2) is 4.67. The van der Waals surface area contributed by atoms with Crippen molar-refractivity contribution in [1.29, 1.82) is 0 Å². The van der Waals surface area contributed by atoms with Crippen molar-refractivity contribution in [2.45, 2.75) is 50.1 Å². The summed E-state index contributed by atoms with van der Waals surface area (Å²) in [5.41, 5.74) is 6.00. The van der Waals surface area contributed by atoms with E-state index in [4.69, 9.17) is 5.73 Å². The topological polar surface area (TPSA) is 46.3 Å². The van der Waals surface area contributed by atoms with Crippen LogP contribution >= 0.6 is 11.3 Å². The molecule has 0 radical (unpaired) electrons. The Bertz CT molecular complexity index is 425. The van der Waals surface area contributed by atoms with Gasteiger partial charge in [0.25, 0.3) is 0 Å². The molecule has 3 rings (SSSR count). The highest BCUT2D eigenvalue weighted by atomic mass is 32.1. The molecule has 1 saturated heterocycles. The first-order chi connectivity index (χ1) is 8.68. The Labute approximate surface area is 112 Å². The molecule has 1 aromatic heterocycles. The number of hydrogen-bond donors (Lipinski definition) is 1. The monoisotopic (exact) mass is 264 g/mol. The van der Waals surface area contributed by atoms with Gasteiger partial charge in [0.2, 0.25) is 5.91 Å². The summed E-state index contributed by atoms with van der Waals surface area (Å²) in [5.74, 6) is 0.258. The lowest BCUT2D eigenvalue weighted by Crippen LogP contribution is -2.50. The van der Waals surface area contributed by atoms with Crippen molar-refractivity contribution in [1.82, 2.24) is 4.90 Å². The van der Waals surface area contributed by atoms with Gasteiger partial charge in [-0.1, -0.05) is 6.07 Å². The average molecular weight is 264 g/mol. The first-order valence-corrected chi connectivity index (χ1v) is 7.68. The summed E-state index contributed by atoms with van der Waals surface area (Å²) in [6.45, 7) is 0.900. The van der Waals surface area contributed by atoms with Crippen molar-refractivity contribution in [2.75, 3.05) is 6.54 Å². The Kier molecular flexibility index (Phi) is 3.16. The van der Waals surface area contributed by atoms with Crippen molar-refractivity contribution in [3.05, 3.63) is 22.4 Å². The van der Waals surface area contributed by atoms with Crippen LogP contribution in [0.1, 0.15) is 49.4 Å². The fraction of sp³-hybridized carbons (Fsp3) is 0.643. The Morgan fingerprint density at radius 1 is 1.50 bits per heavy atom. The van der Waals surface area contributed by atoms with Crippen molar-refractivity contribution < 1.29 is 4.79 Å². The van der Waals surface area contributed by atoms with E-state index in [1.54, 1.807) is 11.3 Å². The number of nitrogens with zero attached hydrogens (tertiary/aromatic N) is 1. The summed E-state index contributed by atoms with van der Waals surface area (Å²) in [6.07, 6.45) is 5.95. The molecule has 1 unspecified atom stereocenters. The molecule has 1 atom stereocenters. The van der Waals surface area contributed by atoms with Crippen LogP contribution in [0, 0.1) is 0 Å². The third-order valence-corrected chi connectivity index (χ3v) is 5.27. The van der Waals surface area contributed by atoms with Crippen molar-refractivity contribution in [3.63, 3.8) is 0 Å². The predicted molar refractivity (Wildman–Crippen MR) is 73.4 cm³/mol. The lowest BCUT2D eigenvalue weighted by Gasteiger charge is -2.39. The Morgan fingerprint density at radius 3 is 2.94 bits per heavy atom. The van der Waals surface area contributed by atoms with Gasteiger partial charge in [-0.3, -0.25) is 4.79 Å². The summed E-state index contributed by atoms with van der Waals surface area (Å²) in [7, 11) is 0. The Balaban J connectivity index is 1.69. The smallest absolute Gasteiger partial charge is 0.224 e. The second-order valence-corrected chi connectivity index (χ2v) is 6.63. The number of hydrogen-bond acceptors (Lipinski definition) is 3. The van der Waals surface area contributed by atoms with E-state index in [0.29, 0.717) is 12.5 Å². The van der Waals surface area contributed by atoms with Gasteiger partial charge in [0.05, 0.1) is 6.04 Å². The van der Waals surface area contributed by atoms with E-state index in [0.717, 1.165) is 32.2 Å². The van der Waals surface area contributed by atoms with E-state index in [1.807, 2.05) is 0 Å². The van der Waals surface area contributed by atoms with Gasteiger partial charge in [-0.15, -0.1) is 11.3 Å². The summed E-state index contributed by atoms with van der Waals surface area (Å²) in [6, 6.07) is 4.51. The molecule has 1 aliphatic carbocycles. The molecule has 98 valence electrons. The van der Waals surface area contributed by atoms with Crippen LogP contribution in [0.15, 0.2) is 17.5 Å². The van der Waals surface area contributed by atoms with Gasteiger partial charge in [-0.25, -0.2) is 0 Å². The van der Waals surface area contributed by atoms with Gasteiger partial charge >= 0.3 is 0 Å². The molecule has 1 saturated carbocycles. The highest BCUT2D eigenvalue weighted by Crippen LogP contribution is 2.38. The average Bonchev–Trinajstić information content (AvgIpc) is 2.97. The first kappa shape index (κ1) is 12.2. The molecule has 2 N–H and O–H groups in total. The third-order valence-electron chi connectivity index (χ3n) is 4.30. The Hall–Kier alpha value is -0.870. The maximum Gasteiger partial charge on any atom is 0.224 e. The van der Waals surface area contributed by atoms with Crippen molar-refractivity contribution in [3.8, 4) is 0 Å². The summed E-state index contributed by atoms with van der Waals surface area (Å²) < 4.78 is 0. The van der Waals surface area contributed by atoms with Gasteiger partial charge in [0.15, 0.2) is 0 Å². The maximum atomic E-state index is 12.4. The zero-order valence-corrected chi connectivity index (χ0v) is 11.4. The molecular formula is C14H20N2OS. The summed E-state index contributed by atoms with van der Waals surface area (Å²) in [5, 5.41) is 2.09. The second-order valence-electron chi connectivity index (χ2n) is 5.65. The molecular weight excluding hydrogens is 244 g/mol. The minimum Gasteiger partial charge on any atom is -0.335 e. The zero-order chi connectivity index (χ0) is 12.6. The highest BCUT2D eigenvalue weighted by Gasteiger charge is 2.38. The molecule has 1 aromatic rings. The van der Waals surface area contributed by atoms with Crippen LogP contribution in [0.3, 0.4) is 0 Å². The number of carbonyl (C=O) groups is 1. The molecule has 3 nitrogen and oxygen atoms in total. The lowest BCUT2D eigenvalue weighted by molar-refractivity contribution is -0.134. The van der Waals surface area contributed by atoms with Gasteiger partial charge in [-0.05, 0) is 43.6 Å². The van der Waals surface area contributed by atoms with Crippen LogP contribution in [0.4, 0.5) is 0 Å². The van der Waals surface area contributed by atoms with Crippen LogP contribution in [0.5, 0.6) is 0 Å². The lowest BCUT2D eigenvalue weighted by atomic mass is 9.75. The number of thiophene rings is 1. The highest BCUT2D eigenvalue weighted by molar-refractivity contribution is 7.10. The predicted octanol–water partition coefficient (Wildman–Crippen LogP) is 2.68. The van der Waals surface area contributed by atoms with Crippen LogP contribution < -0.4 is 5.73 Å². The van der Waals surface area contributed by atoms with Gasteiger partial charge in [0.1, 0.15) is 0 Å². The van der Waals surface area contributed by atoms with Gasteiger partial charge < -0.3 is 10.6 Å². The van der Waals surface area contributed by atoms with Crippen LogP contribution in [0.2, 0.25) is 0 Å². The Morgan fingerprint density at radius 2 is 2.33 bits per heavy atom. The van der Waals surface area contributed by atoms with E-state index >= 15 is 0 Å². The van der Waals surface area contributed by atoms with Crippen LogP contribution in [-0.4, -0.2) is 22.9 Å². The van der Waals surface area contributed by atoms with Crippen LogP contribution in [-0.2, 0) is 4.79 Å². The minimum atomic E-state index is -0.195. The SMILES string of the molecule is NC1(CC(=O)N2CCCC2c2cccs2)CCC1. The molecule has 2 fully saturated rings. The number of nitrogens with two attached hydrogens (primary N) is 1. The quantitative estimate of drug-likeness (QED) is 0.912. The normalized spacial score (nSPS) is 26.1. The molecule has 1 aliphatic heterocycles. The number of amides is 1. The molecule has 1 amide bonds. The van der Waals surface area contributed by atoms with Crippen LogP contribution in [0.25, 0.3) is 0 Å². The van der Waals surface area contributed by atoms with E-state index in [-0.39, 0.29) is 11.4 Å². The fourth-order valence-corrected chi connectivity index (χ4v) is 3.93. The molecule has 0 bridgehead atoms. The molecule has 2 heterocycles. The summed E-state index contributed by atoms with van der Waals surface area (Å²) >= 11 is 1.75. The molecule has 0 spiro atoms. The molecule has 18 heavy (non-hydrogen) atoms. The van der Waals surface area contributed by atoms with Gasteiger partial charge in [0, 0.05) is 23.4 Å². The summed E-state index contributed by atoms with van der Waals surface area (Å²) in [4.78, 5) is 15.8.